The zero-order chi connectivity index (χ0) is 24.2. The number of carbonyl (C=O) groups excluding carboxylic acids is 1. The number of anilines is 3. The fraction of sp³-hybridized carbons (Fsp3) is 0.0882. The van der Waals surface area contributed by atoms with Gasteiger partial charge in [0.15, 0.2) is 5.78 Å². The first-order valence-electron chi connectivity index (χ1n) is 12.5. The Morgan fingerprint density at radius 2 is 1.17 bits per heavy atom. The van der Waals surface area contributed by atoms with E-state index in [0.717, 1.165) is 43.7 Å². The molecule has 0 atom stereocenters. The lowest BCUT2D eigenvalue weighted by atomic mass is 9.73. The second-order valence-corrected chi connectivity index (χ2v) is 10.5. The van der Waals surface area contributed by atoms with Crippen LogP contribution in [0.5, 0.6) is 0 Å². The summed E-state index contributed by atoms with van der Waals surface area (Å²) in [5.74, 6) is 0.115. The number of fused-ring (bicyclic) bond motifs is 2. The number of hydrogen-bond acceptors (Lipinski definition) is 2. The summed E-state index contributed by atoms with van der Waals surface area (Å²) in [5.41, 5.74) is 7.59. The first-order chi connectivity index (χ1) is 17.6. The molecule has 8 rings (SSSR count). The normalized spacial score (nSPS) is 15.2. The summed E-state index contributed by atoms with van der Waals surface area (Å²) in [4.78, 5) is 16.1. The first-order valence-corrected chi connectivity index (χ1v) is 12.5. The Labute approximate surface area is 209 Å². The van der Waals surface area contributed by atoms with Crippen molar-refractivity contribution in [2.24, 2.45) is 0 Å². The lowest BCUT2D eigenvalue weighted by Crippen LogP contribution is -2.30. The minimum absolute atomic E-state index is 0.115. The van der Waals surface area contributed by atoms with E-state index >= 15 is 0 Å². The Kier molecular flexibility index (Phi) is 3.64. The van der Waals surface area contributed by atoms with Gasteiger partial charge in [-0.05, 0) is 45.5 Å². The van der Waals surface area contributed by atoms with Gasteiger partial charge in [0.05, 0.1) is 17.1 Å². The molecular weight excluding hydrogens is 438 g/mol. The molecule has 0 amide bonds. The molecule has 1 heterocycles. The van der Waals surface area contributed by atoms with Crippen molar-refractivity contribution in [1.29, 1.82) is 0 Å². The summed E-state index contributed by atoms with van der Waals surface area (Å²) >= 11 is 0. The van der Waals surface area contributed by atoms with Crippen LogP contribution in [0.4, 0.5) is 17.1 Å². The van der Waals surface area contributed by atoms with Crippen molar-refractivity contribution in [1.82, 2.24) is 0 Å². The fourth-order valence-corrected chi connectivity index (χ4v) is 6.68. The summed E-state index contributed by atoms with van der Waals surface area (Å²) in [6.07, 6.45) is 0. The number of ketones is 1. The number of para-hydroxylation sites is 2. The smallest absolute Gasteiger partial charge is 0.194 e. The van der Waals surface area contributed by atoms with Crippen LogP contribution >= 0.6 is 0 Å². The third kappa shape index (κ3) is 2.29. The average molecular weight is 462 g/mol. The number of rotatable bonds is 1. The summed E-state index contributed by atoms with van der Waals surface area (Å²) < 4.78 is 0. The van der Waals surface area contributed by atoms with Gasteiger partial charge < -0.3 is 4.90 Å². The van der Waals surface area contributed by atoms with Crippen molar-refractivity contribution in [3.63, 3.8) is 0 Å². The third-order valence-corrected chi connectivity index (χ3v) is 8.33. The molecule has 0 saturated heterocycles. The molecule has 6 aromatic rings. The molecule has 1 aliphatic heterocycles. The number of benzene rings is 6. The van der Waals surface area contributed by atoms with E-state index in [1.165, 1.54) is 27.9 Å². The average Bonchev–Trinajstić information content (AvgIpc) is 2.91. The van der Waals surface area contributed by atoms with Gasteiger partial charge in [0.1, 0.15) is 0 Å². The molecular formula is C34H23NO. The Morgan fingerprint density at radius 1 is 0.556 bits per heavy atom. The maximum Gasteiger partial charge on any atom is 0.194 e. The van der Waals surface area contributed by atoms with Crippen LogP contribution in [0.3, 0.4) is 0 Å². The first kappa shape index (κ1) is 19.8. The van der Waals surface area contributed by atoms with Gasteiger partial charge in [-0.3, -0.25) is 4.79 Å². The SMILES string of the molecule is CC1(C)c2ccccc2N(c2cc3ccc4cccc5c4c3c3c(cccc23)C5=O)c2ccccc21. The topological polar surface area (TPSA) is 20.3 Å². The molecule has 2 heteroatoms. The van der Waals surface area contributed by atoms with E-state index in [-0.39, 0.29) is 11.2 Å². The zero-order valence-electron chi connectivity index (χ0n) is 20.2. The monoisotopic (exact) mass is 461 g/mol. The van der Waals surface area contributed by atoms with E-state index in [2.05, 4.69) is 97.6 Å². The Hall–Kier alpha value is -4.43. The summed E-state index contributed by atoms with van der Waals surface area (Å²) in [6, 6.07) is 36.4. The lowest BCUT2D eigenvalue weighted by molar-refractivity contribution is 0.104. The van der Waals surface area contributed by atoms with Crippen LogP contribution in [0.25, 0.3) is 32.3 Å². The predicted octanol–water partition coefficient (Wildman–Crippen LogP) is 8.80. The van der Waals surface area contributed by atoms with Crippen molar-refractivity contribution in [2.45, 2.75) is 19.3 Å². The summed E-state index contributed by atoms with van der Waals surface area (Å²) in [5, 5.41) is 6.73. The molecule has 36 heavy (non-hydrogen) atoms. The number of hydrogen-bond donors (Lipinski definition) is 0. The molecule has 0 bridgehead atoms. The highest BCUT2D eigenvalue weighted by atomic mass is 16.1. The van der Waals surface area contributed by atoms with E-state index in [9.17, 15) is 4.79 Å². The summed E-state index contributed by atoms with van der Waals surface area (Å²) in [7, 11) is 0. The quantitative estimate of drug-likeness (QED) is 0.228. The van der Waals surface area contributed by atoms with Crippen LogP contribution in [-0.2, 0) is 5.41 Å². The van der Waals surface area contributed by atoms with E-state index < -0.39 is 0 Å². The van der Waals surface area contributed by atoms with E-state index in [4.69, 9.17) is 0 Å². The molecule has 0 N–H and O–H groups in total. The maximum atomic E-state index is 13.7. The molecule has 0 aromatic heterocycles. The Morgan fingerprint density at radius 3 is 1.89 bits per heavy atom. The van der Waals surface area contributed by atoms with Gasteiger partial charge >= 0.3 is 0 Å². The van der Waals surface area contributed by atoms with Gasteiger partial charge in [0, 0.05) is 32.7 Å². The minimum Gasteiger partial charge on any atom is -0.309 e. The van der Waals surface area contributed by atoms with Crippen molar-refractivity contribution in [3.8, 4) is 0 Å². The van der Waals surface area contributed by atoms with Crippen molar-refractivity contribution >= 4 is 55.2 Å². The van der Waals surface area contributed by atoms with Gasteiger partial charge in [-0.25, -0.2) is 0 Å². The predicted molar refractivity (Wildman–Crippen MR) is 149 cm³/mol. The fourth-order valence-electron chi connectivity index (χ4n) is 6.68. The minimum atomic E-state index is -0.117. The van der Waals surface area contributed by atoms with Gasteiger partial charge in [0.25, 0.3) is 0 Å². The molecule has 6 aromatic carbocycles. The highest BCUT2D eigenvalue weighted by Gasteiger charge is 2.37. The molecule has 0 fully saturated rings. The second-order valence-electron chi connectivity index (χ2n) is 10.5. The van der Waals surface area contributed by atoms with Gasteiger partial charge in [-0.1, -0.05) is 98.8 Å². The van der Waals surface area contributed by atoms with Crippen LogP contribution in [0.15, 0.2) is 103 Å². The summed E-state index contributed by atoms with van der Waals surface area (Å²) in [6.45, 7) is 4.62. The number of nitrogens with zero attached hydrogens (tertiary/aromatic N) is 1. The molecule has 170 valence electrons. The maximum absolute atomic E-state index is 13.7. The second kappa shape index (κ2) is 6.61. The molecule has 2 nitrogen and oxygen atoms in total. The molecule has 0 saturated carbocycles. The van der Waals surface area contributed by atoms with Crippen LogP contribution in [0.2, 0.25) is 0 Å². The van der Waals surface area contributed by atoms with Crippen LogP contribution in [0, 0.1) is 0 Å². The molecule has 1 aliphatic carbocycles. The van der Waals surface area contributed by atoms with E-state index in [0.29, 0.717) is 0 Å². The van der Waals surface area contributed by atoms with Gasteiger partial charge in [-0.2, -0.15) is 0 Å². The molecule has 0 spiro atoms. The van der Waals surface area contributed by atoms with Crippen molar-refractivity contribution in [3.05, 3.63) is 125 Å². The molecule has 0 unspecified atom stereocenters. The highest BCUT2D eigenvalue weighted by Crippen LogP contribution is 2.54. The van der Waals surface area contributed by atoms with Crippen molar-refractivity contribution in [2.75, 3.05) is 4.90 Å². The highest BCUT2D eigenvalue weighted by molar-refractivity contribution is 6.38. The van der Waals surface area contributed by atoms with Gasteiger partial charge in [-0.15, -0.1) is 0 Å². The van der Waals surface area contributed by atoms with E-state index in [1.54, 1.807) is 0 Å². The Bertz CT molecular complexity index is 1900. The third-order valence-electron chi connectivity index (χ3n) is 8.33. The van der Waals surface area contributed by atoms with Crippen LogP contribution < -0.4 is 4.90 Å². The molecule has 0 radical (unpaired) electrons. The standard InChI is InChI=1S/C34H23NO/c1-34(2)25-13-3-5-15-27(25)35(28-16-6-4-14-26(28)34)29-19-21-18-17-20-9-7-11-23-30(20)31(21)32-22(29)10-8-12-24(32)33(23)36/h3-19H,1-2H3. The van der Waals surface area contributed by atoms with E-state index in [1.807, 2.05) is 24.3 Å². The number of carbonyl (C=O) groups is 1. The Balaban J connectivity index is 1.57. The largest absolute Gasteiger partial charge is 0.309 e. The molecule has 2 aliphatic rings. The van der Waals surface area contributed by atoms with Crippen LogP contribution in [-0.4, -0.2) is 5.78 Å². The lowest BCUT2D eigenvalue weighted by Gasteiger charge is -2.42. The van der Waals surface area contributed by atoms with Gasteiger partial charge in [0.2, 0.25) is 0 Å². The van der Waals surface area contributed by atoms with Crippen molar-refractivity contribution < 1.29 is 4.79 Å². The zero-order valence-corrected chi connectivity index (χ0v) is 20.2. The van der Waals surface area contributed by atoms with Crippen LogP contribution in [0.1, 0.15) is 40.9 Å².